The standard InChI is InChI=1S/C20H15BrN4OS/c1-2-18-24-25-20(27-18)23-19(26)15-11-17(12-6-5-7-13(21)10-12)22-16-9-4-3-8-14(15)16/h3-11H,2H2,1H3,(H,23,25,26). The lowest BCUT2D eigenvalue weighted by atomic mass is 10.0. The molecule has 2 heterocycles. The van der Waals surface area contributed by atoms with E-state index in [1.807, 2.05) is 61.5 Å². The number of carbonyl (C=O) groups is 1. The van der Waals surface area contributed by atoms with Gasteiger partial charge in [-0.2, -0.15) is 0 Å². The van der Waals surface area contributed by atoms with Crippen molar-refractivity contribution < 1.29 is 4.79 Å². The van der Waals surface area contributed by atoms with Crippen LogP contribution in [0, 0.1) is 0 Å². The molecule has 27 heavy (non-hydrogen) atoms. The summed E-state index contributed by atoms with van der Waals surface area (Å²) in [6.45, 7) is 2.01. The van der Waals surface area contributed by atoms with Gasteiger partial charge in [0.15, 0.2) is 0 Å². The molecule has 0 aliphatic heterocycles. The lowest BCUT2D eigenvalue weighted by Crippen LogP contribution is -2.13. The van der Waals surface area contributed by atoms with Crippen LogP contribution in [0.2, 0.25) is 0 Å². The van der Waals surface area contributed by atoms with Crippen molar-refractivity contribution in [3.63, 3.8) is 0 Å². The van der Waals surface area contributed by atoms with Crippen LogP contribution in [0.1, 0.15) is 22.3 Å². The summed E-state index contributed by atoms with van der Waals surface area (Å²) in [5.74, 6) is -0.219. The molecular weight excluding hydrogens is 424 g/mol. The van der Waals surface area contributed by atoms with Crippen molar-refractivity contribution in [2.24, 2.45) is 0 Å². The van der Waals surface area contributed by atoms with E-state index in [1.54, 1.807) is 0 Å². The van der Waals surface area contributed by atoms with Crippen LogP contribution in [0.15, 0.2) is 59.1 Å². The molecule has 1 N–H and O–H groups in total. The smallest absolute Gasteiger partial charge is 0.258 e. The SMILES string of the molecule is CCc1nnc(NC(=O)c2cc(-c3cccc(Br)c3)nc3ccccc23)s1. The van der Waals surface area contributed by atoms with E-state index in [9.17, 15) is 4.79 Å². The first-order chi connectivity index (χ1) is 13.1. The highest BCUT2D eigenvalue weighted by atomic mass is 79.9. The van der Waals surface area contributed by atoms with E-state index < -0.39 is 0 Å². The molecule has 0 atom stereocenters. The molecule has 0 saturated carbocycles. The molecule has 0 saturated heterocycles. The van der Waals surface area contributed by atoms with Gasteiger partial charge in [0.1, 0.15) is 5.01 Å². The minimum atomic E-state index is -0.219. The first kappa shape index (κ1) is 17.8. The van der Waals surface area contributed by atoms with Crippen LogP contribution < -0.4 is 5.32 Å². The van der Waals surface area contributed by atoms with Crippen LogP contribution in [0.5, 0.6) is 0 Å². The van der Waals surface area contributed by atoms with Crippen LogP contribution in [0.25, 0.3) is 22.2 Å². The second-order valence-electron chi connectivity index (χ2n) is 5.89. The molecule has 1 amide bonds. The maximum Gasteiger partial charge on any atom is 0.258 e. The molecule has 134 valence electrons. The molecule has 0 spiro atoms. The number of nitrogens with one attached hydrogen (secondary N) is 1. The molecule has 0 unspecified atom stereocenters. The number of hydrogen-bond donors (Lipinski definition) is 1. The molecular formula is C20H15BrN4OS. The molecule has 0 fully saturated rings. The van der Waals surface area contributed by atoms with Gasteiger partial charge in [0, 0.05) is 15.4 Å². The van der Waals surface area contributed by atoms with Crippen LogP contribution >= 0.6 is 27.3 Å². The Morgan fingerprint density at radius 2 is 1.96 bits per heavy atom. The van der Waals surface area contributed by atoms with Gasteiger partial charge in [0.25, 0.3) is 5.91 Å². The number of benzene rings is 2. The number of carbonyl (C=O) groups excluding carboxylic acids is 1. The zero-order valence-electron chi connectivity index (χ0n) is 14.4. The number of pyridine rings is 1. The van der Waals surface area contributed by atoms with Gasteiger partial charge in [0.05, 0.1) is 16.8 Å². The lowest BCUT2D eigenvalue weighted by Gasteiger charge is -2.09. The Morgan fingerprint density at radius 3 is 2.74 bits per heavy atom. The highest BCUT2D eigenvalue weighted by Crippen LogP contribution is 2.27. The highest BCUT2D eigenvalue weighted by Gasteiger charge is 2.16. The van der Waals surface area contributed by atoms with E-state index in [-0.39, 0.29) is 5.91 Å². The van der Waals surface area contributed by atoms with Gasteiger partial charge >= 0.3 is 0 Å². The van der Waals surface area contributed by atoms with E-state index in [0.29, 0.717) is 10.7 Å². The summed E-state index contributed by atoms with van der Waals surface area (Å²) in [4.78, 5) is 17.7. The van der Waals surface area contributed by atoms with Crippen LogP contribution in [-0.4, -0.2) is 21.1 Å². The maximum absolute atomic E-state index is 13.0. The van der Waals surface area contributed by atoms with Crippen LogP contribution in [0.3, 0.4) is 0 Å². The Hall–Kier alpha value is -2.64. The topological polar surface area (TPSA) is 67.8 Å². The van der Waals surface area contributed by atoms with Gasteiger partial charge in [-0.25, -0.2) is 4.98 Å². The zero-order chi connectivity index (χ0) is 18.8. The number of hydrogen-bond acceptors (Lipinski definition) is 5. The molecule has 2 aromatic heterocycles. The van der Waals surface area contributed by atoms with Gasteiger partial charge in [0.2, 0.25) is 5.13 Å². The Labute approximate surface area is 168 Å². The van der Waals surface area contributed by atoms with Gasteiger partial charge in [-0.15, -0.1) is 10.2 Å². The number of halogens is 1. The summed E-state index contributed by atoms with van der Waals surface area (Å²) in [7, 11) is 0. The van der Waals surface area contributed by atoms with Crippen molar-refractivity contribution in [2.75, 3.05) is 5.32 Å². The second kappa shape index (κ2) is 7.54. The molecule has 0 radical (unpaired) electrons. The minimum Gasteiger partial charge on any atom is -0.296 e. The van der Waals surface area contributed by atoms with Gasteiger partial charge < -0.3 is 0 Å². The van der Waals surface area contributed by atoms with E-state index in [1.165, 1.54) is 11.3 Å². The summed E-state index contributed by atoms with van der Waals surface area (Å²) in [5.41, 5.74) is 3.01. The van der Waals surface area contributed by atoms with Gasteiger partial charge in [-0.3, -0.25) is 10.1 Å². The fourth-order valence-corrected chi connectivity index (χ4v) is 3.84. The largest absolute Gasteiger partial charge is 0.296 e. The maximum atomic E-state index is 13.0. The monoisotopic (exact) mass is 438 g/mol. The molecule has 4 aromatic rings. The number of anilines is 1. The molecule has 2 aromatic carbocycles. The average Bonchev–Trinajstić information content (AvgIpc) is 3.14. The summed E-state index contributed by atoms with van der Waals surface area (Å²) < 4.78 is 0.960. The summed E-state index contributed by atoms with van der Waals surface area (Å²) in [6, 6.07) is 17.3. The van der Waals surface area contributed by atoms with Crippen molar-refractivity contribution in [1.82, 2.24) is 15.2 Å². The average molecular weight is 439 g/mol. The Morgan fingerprint density at radius 1 is 1.11 bits per heavy atom. The number of amides is 1. The second-order valence-corrected chi connectivity index (χ2v) is 7.87. The Balaban J connectivity index is 1.79. The summed E-state index contributed by atoms with van der Waals surface area (Å²) >= 11 is 4.88. The summed E-state index contributed by atoms with van der Waals surface area (Å²) in [6.07, 6.45) is 0.790. The van der Waals surface area contributed by atoms with E-state index >= 15 is 0 Å². The van der Waals surface area contributed by atoms with Crippen molar-refractivity contribution >= 4 is 49.2 Å². The Kier molecular flexibility index (Phi) is 4.96. The van der Waals surface area contributed by atoms with Crippen molar-refractivity contribution in [1.29, 1.82) is 0 Å². The molecule has 5 nitrogen and oxygen atoms in total. The van der Waals surface area contributed by atoms with E-state index in [2.05, 4.69) is 31.4 Å². The minimum absolute atomic E-state index is 0.219. The number of aromatic nitrogens is 3. The fraction of sp³-hybridized carbons (Fsp3) is 0.100. The lowest BCUT2D eigenvalue weighted by molar-refractivity contribution is 0.102. The molecule has 0 aliphatic carbocycles. The van der Waals surface area contributed by atoms with Crippen LogP contribution in [-0.2, 0) is 6.42 Å². The number of aryl methyl sites for hydroxylation is 1. The predicted molar refractivity (Wildman–Crippen MR) is 112 cm³/mol. The van der Waals surface area contributed by atoms with Crippen molar-refractivity contribution in [2.45, 2.75) is 13.3 Å². The number of fused-ring (bicyclic) bond motifs is 1. The molecule has 4 rings (SSSR count). The normalized spacial score (nSPS) is 10.9. The number of nitrogens with zero attached hydrogens (tertiary/aromatic N) is 3. The summed E-state index contributed by atoms with van der Waals surface area (Å²) in [5, 5.41) is 13.1. The van der Waals surface area contributed by atoms with E-state index in [4.69, 9.17) is 4.98 Å². The quantitative estimate of drug-likeness (QED) is 0.467. The third-order valence-electron chi connectivity index (χ3n) is 4.07. The zero-order valence-corrected chi connectivity index (χ0v) is 16.8. The molecule has 0 bridgehead atoms. The number of para-hydroxylation sites is 1. The van der Waals surface area contributed by atoms with Crippen molar-refractivity contribution in [3.05, 3.63) is 69.6 Å². The van der Waals surface area contributed by atoms with Gasteiger partial charge in [-0.05, 0) is 30.7 Å². The third kappa shape index (κ3) is 3.74. The molecule has 7 heteroatoms. The van der Waals surface area contributed by atoms with Gasteiger partial charge in [-0.1, -0.05) is 64.5 Å². The highest BCUT2D eigenvalue weighted by molar-refractivity contribution is 9.10. The first-order valence-electron chi connectivity index (χ1n) is 8.43. The van der Waals surface area contributed by atoms with Crippen molar-refractivity contribution in [3.8, 4) is 11.3 Å². The predicted octanol–water partition coefficient (Wildman–Crippen LogP) is 5.33. The third-order valence-corrected chi connectivity index (χ3v) is 5.55. The first-order valence-corrected chi connectivity index (χ1v) is 10.0. The molecule has 0 aliphatic rings. The Bertz CT molecular complexity index is 1140. The fourth-order valence-electron chi connectivity index (χ4n) is 2.77. The van der Waals surface area contributed by atoms with E-state index in [0.717, 1.165) is 38.1 Å². The number of rotatable bonds is 4. The van der Waals surface area contributed by atoms with Crippen LogP contribution in [0.4, 0.5) is 5.13 Å².